The minimum absolute atomic E-state index is 0.114. The summed E-state index contributed by atoms with van der Waals surface area (Å²) < 4.78 is 6.64. The predicted octanol–water partition coefficient (Wildman–Crippen LogP) is 4.04. The Bertz CT molecular complexity index is 795. The molecular weight excluding hydrogens is 392 g/mol. The molecule has 0 bridgehead atoms. The number of hydrogen-bond donors (Lipinski definition) is 1. The van der Waals surface area contributed by atoms with Crippen molar-refractivity contribution in [3.05, 3.63) is 46.2 Å². The minimum Gasteiger partial charge on any atom is -0.381 e. The first kappa shape index (κ1) is 18.1. The Kier molecular flexibility index (Phi) is 3.88. The van der Waals surface area contributed by atoms with E-state index in [4.69, 9.17) is 4.74 Å². The van der Waals surface area contributed by atoms with Crippen LogP contribution in [0, 0.1) is 5.41 Å². The lowest BCUT2D eigenvalue weighted by molar-refractivity contribution is -0.141. The molecule has 0 aromatic heterocycles. The molecule has 0 radical (unpaired) electrons. The topological polar surface area (TPSA) is 41.6 Å². The zero-order valence-electron chi connectivity index (χ0n) is 16.0. The third kappa shape index (κ3) is 1.91. The standard InChI is InChI=1S/C21H27BrN2O2/c1-13-23-21(18(25)24(13)4)17-12-14(22)6-7-16(17)19(2,3)20(21)10-8-15(26-5)9-11-20/h6-7,12,15,23H,1,8-11H2,2-5H3. The second-order valence-corrected chi connectivity index (χ2v) is 9.43. The van der Waals surface area contributed by atoms with Crippen molar-refractivity contribution in [3.8, 4) is 0 Å². The van der Waals surface area contributed by atoms with Crippen LogP contribution in [0.3, 0.4) is 0 Å². The Morgan fingerprint density at radius 1 is 1.27 bits per heavy atom. The maximum absolute atomic E-state index is 13.7. The smallest absolute Gasteiger partial charge is 0.258 e. The Hall–Kier alpha value is -1.33. The maximum Gasteiger partial charge on any atom is 0.258 e. The van der Waals surface area contributed by atoms with E-state index in [1.54, 1.807) is 12.0 Å². The highest BCUT2D eigenvalue weighted by Crippen LogP contribution is 2.68. The Balaban J connectivity index is 1.98. The van der Waals surface area contributed by atoms with Crippen LogP contribution in [-0.2, 0) is 20.5 Å². The van der Waals surface area contributed by atoms with E-state index in [1.807, 2.05) is 7.05 Å². The summed E-state index contributed by atoms with van der Waals surface area (Å²) in [6.45, 7) is 8.72. The Morgan fingerprint density at radius 3 is 2.46 bits per heavy atom. The van der Waals surface area contributed by atoms with Gasteiger partial charge in [0, 0.05) is 24.0 Å². The van der Waals surface area contributed by atoms with E-state index < -0.39 is 5.54 Å². The lowest BCUT2D eigenvalue weighted by Crippen LogP contribution is -2.60. The molecule has 1 heterocycles. The summed E-state index contributed by atoms with van der Waals surface area (Å²) >= 11 is 3.62. The zero-order valence-corrected chi connectivity index (χ0v) is 17.6. The van der Waals surface area contributed by atoms with Gasteiger partial charge < -0.3 is 10.1 Å². The fraction of sp³-hybridized carbons (Fsp3) is 0.571. The van der Waals surface area contributed by atoms with Crippen LogP contribution in [0.5, 0.6) is 0 Å². The van der Waals surface area contributed by atoms with E-state index in [2.05, 4.69) is 59.9 Å². The molecule has 1 saturated heterocycles. The van der Waals surface area contributed by atoms with Crippen molar-refractivity contribution in [3.63, 3.8) is 0 Å². The number of methoxy groups -OCH3 is 1. The number of nitrogens with zero attached hydrogens (tertiary/aromatic N) is 1. The van der Waals surface area contributed by atoms with Crippen molar-refractivity contribution >= 4 is 21.8 Å². The molecule has 1 unspecified atom stereocenters. The van der Waals surface area contributed by atoms with Crippen LogP contribution < -0.4 is 5.32 Å². The van der Waals surface area contributed by atoms with Crippen LogP contribution in [0.4, 0.5) is 0 Å². The van der Waals surface area contributed by atoms with Crippen molar-refractivity contribution in [2.24, 2.45) is 5.41 Å². The molecule has 140 valence electrons. The van der Waals surface area contributed by atoms with Gasteiger partial charge >= 0.3 is 0 Å². The molecule has 3 aliphatic rings. The Labute approximate surface area is 164 Å². The number of carbonyl (C=O) groups is 1. The zero-order chi connectivity index (χ0) is 18.9. The van der Waals surface area contributed by atoms with E-state index in [0.29, 0.717) is 5.82 Å². The highest BCUT2D eigenvalue weighted by atomic mass is 79.9. The number of amides is 1. The van der Waals surface area contributed by atoms with Crippen LogP contribution in [0.15, 0.2) is 35.1 Å². The normalized spacial score (nSPS) is 35.3. The minimum atomic E-state index is -0.750. The van der Waals surface area contributed by atoms with Gasteiger partial charge in [-0.2, -0.15) is 0 Å². The fourth-order valence-corrected chi connectivity index (χ4v) is 6.27. The second kappa shape index (κ2) is 5.59. The van der Waals surface area contributed by atoms with Gasteiger partial charge in [-0.1, -0.05) is 42.4 Å². The van der Waals surface area contributed by atoms with Crippen molar-refractivity contribution in [1.82, 2.24) is 10.2 Å². The number of benzene rings is 1. The molecule has 5 heteroatoms. The predicted molar refractivity (Wildman–Crippen MR) is 106 cm³/mol. The molecule has 4 nitrogen and oxygen atoms in total. The van der Waals surface area contributed by atoms with Gasteiger partial charge in [-0.25, -0.2) is 0 Å². The van der Waals surface area contributed by atoms with Gasteiger partial charge in [-0.15, -0.1) is 0 Å². The van der Waals surface area contributed by atoms with Crippen molar-refractivity contribution in [2.45, 2.75) is 56.6 Å². The Morgan fingerprint density at radius 2 is 1.92 bits per heavy atom. The van der Waals surface area contributed by atoms with Gasteiger partial charge in [0.2, 0.25) is 0 Å². The molecule has 1 aliphatic heterocycles. The van der Waals surface area contributed by atoms with Crippen molar-refractivity contribution < 1.29 is 9.53 Å². The van der Waals surface area contributed by atoms with Crippen molar-refractivity contribution in [1.29, 1.82) is 0 Å². The van der Waals surface area contributed by atoms with Crippen LogP contribution >= 0.6 is 15.9 Å². The lowest BCUT2D eigenvalue weighted by Gasteiger charge is -2.53. The average Bonchev–Trinajstić information content (AvgIpc) is 2.93. The summed E-state index contributed by atoms with van der Waals surface area (Å²) in [4.78, 5) is 15.4. The number of carbonyl (C=O) groups excluding carboxylic acids is 1. The molecule has 2 fully saturated rings. The SMILES string of the molecule is C=C1NC2(C(=O)N1C)c1cc(Br)ccc1C(C)(C)C21CCC(OC)CC1. The van der Waals surface area contributed by atoms with E-state index in [1.165, 1.54) is 5.56 Å². The number of rotatable bonds is 1. The fourth-order valence-electron chi connectivity index (χ4n) is 5.91. The van der Waals surface area contributed by atoms with E-state index in [-0.39, 0.29) is 22.8 Å². The van der Waals surface area contributed by atoms with Gasteiger partial charge in [0.15, 0.2) is 5.54 Å². The van der Waals surface area contributed by atoms with Crippen LogP contribution in [-0.4, -0.2) is 31.1 Å². The molecule has 26 heavy (non-hydrogen) atoms. The maximum atomic E-state index is 13.7. The molecule has 1 aromatic rings. The van der Waals surface area contributed by atoms with E-state index in [9.17, 15) is 4.79 Å². The number of fused-ring (bicyclic) bond motifs is 3. The summed E-state index contributed by atoms with van der Waals surface area (Å²) in [6, 6.07) is 6.41. The van der Waals surface area contributed by atoms with Crippen LogP contribution in [0.1, 0.15) is 50.7 Å². The molecule has 4 rings (SSSR count). The van der Waals surface area contributed by atoms with Crippen LogP contribution in [0.25, 0.3) is 0 Å². The molecule has 1 saturated carbocycles. The number of likely N-dealkylation sites (N-methyl/N-ethyl adjacent to an activating group) is 1. The number of nitrogens with one attached hydrogen (secondary N) is 1. The van der Waals surface area contributed by atoms with E-state index in [0.717, 1.165) is 35.7 Å². The summed E-state index contributed by atoms with van der Waals surface area (Å²) in [7, 11) is 3.61. The molecular formula is C21H27BrN2O2. The second-order valence-electron chi connectivity index (χ2n) is 8.52. The lowest BCUT2D eigenvalue weighted by atomic mass is 9.52. The first-order valence-electron chi connectivity index (χ1n) is 9.30. The van der Waals surface area contributed by atoms with Crippen molar-refractivity contribution in [2.75, 3.05) is 14.2 Å². The third-order valence-corrected chi connectivity index (χ3v) is 7.95. The summed E-state index contributed by atoms with van der Waals surface area (Å²) in [6.07, 6.45) is 4.13. The summed E-state index contributed by atoms with van der Waals surface area (Å²) in [5.41, 5.74) is 1.28. The summed E-state index contributed by atoms with van der Waals surface area (Å²) in [5.74, 6) is 0.801. The largest absolute Gasteiger partial charge is 0.381 e. The molecule has 1 N–H and O–H groups in total. The van der Waals surface area contributed by atoms with Gasteiger partial charge in [0.05, 0.1) is 6.10 Å². The molecule has 1 amide bonds. The molecule has 2 aliphatic carbocycles. The highest BCUT2D eigenvalue weighted by molar-refractivity contribution is 9.10. The van der Waals surface area contributed by atoms with Gasteiger partial charge in [-0.05, 0) is 54.4 Å². The monoisotopic (exact) mass is 418 g/mol. The first-order chi connectivity index (χ1) is 12.2. The number of ether oxygens (including phenoxy) is 1. The summed E-state index contributed by atoms with van der Waals surface area (Å²) in [5, 5.41) is 3.58. The first-order valence-corrected chi connectivity index (χ1v) is 10.1. The molecule has 2 spiro atoms. The van der Waals surface area contributed by atoms with Gasteiger partial charge in [-0.3, -0.25) is 9.69 Å². The van der Waals surface area contributed by atoms with E-state index >= 15 is 0 Å². The number of hydrogen-bond acceptors (Lipinski definition) is 3. The molecule has 1 atom stereocenters. The highest BCUT2D eigenvalue weighted by Gasteiger charge is 2.72. The number of halogens is 1. The van der Waals surface area contributed by atoms with Crippen LogP contribution in [0.2, 0.25) is 0 Å². The average molecular weight is 419 g/mol. The molecule has 1 aromatic carbocycles. The van der Waals surface area contributed by atoms with Gasteiger partial charge in [0.25, 0.3) is 5.91 Å². The third-order valence-electron chi connectivity index (χ3n) is 7.45. The van der Waals surface area contributed by atoms with Gasteiger partial charge in [0.1, 0.15) is 5.82 Å². The quantitative estimate of drug-likeness (QED) is 0.747.